The number of pyridine rings is 1. The SMILES string of the molecule is CCOC(=O)C1(C(=O)OCC)CCCN1c1ccc(Oc2ccc(-c3nc(-c4ccc(F)cc4)co3)cc2)nc1. The molecule has 2 aromatic carbocycles. The first-order valence-electron chi connectivity index (χ1n) is 13.0. The molecule has 0 N–H and O–H groups in total. The van der Waals surface area contributed by atoms with E-state index in [4.69, 9.17) is 18.6 Å². The standard InChI is InChI=1S/C30H28FN3O6/c1-3-37-28(35)30(29(36)38-4-2)16-5-17-34(30)23-12-15-26(32-18-23)40-24-13-8-21(9-14-24)27-33-25(19-39-27)20-6-10-22(31)11-7-20/h6-15,18-19H,3-5,16-17H2,1-2H3. The van der Waals surface area contributed by atoms with E-state index in [-0.39, 0.29) is 19.0 Å². The summed E-state index contributed by atoms with van der Waals surface area (Å²) in [5.41, 5.74) is 1.14. The lowest BCUT2D eigenvalue weighted by molar-refractivity contribution is -0.163. The molecule has 1 saturated heterocycles. The molecule has 4 aromatic rings. The molecule has 2 aromatic heterocycles. The van der Waals surface area contributed by atoms with Gasteiger partial charge < -0.3 is 23.5 Å². The number of hydrogen-bond donors (Lipinski definition) is 0. The fraction of sp³-hybridized carbons (Fsp3) is 0.267. The number of carbonyl (C=O) groups excluding carboxylic acids is 2. The normalized spacial score (nSPS) is 14.1. The van der Waals surface area contributed by atoms with Crippen molar-refractivity contribution < 1.29 is 32.6 Å². The Kier molecular flexibility index (Phi) is 7.77. The van der Waals surface area contributed by atoms with Crippen molar-refractivity contribution in [1.82, 2.24) is 9.97 Å². The van der Waals surface area contributed by atoms with Crippen LogP contribution in [-0.2, 0) is 19.1 Å². The monoisotopic (exact) mass is 545 g/mol. The number of carbonyl (C=O) groups is 2. The molecule has 0 atom stereocenters. The zero-order valence-electron chi connectivity index (χ0n) is 22.1. The molecule has 0 bridgehead atoms. The Hall–Kier alpha value is -4.73. The van der Waals surface area contributed by atoms with Crippen LogP contribution in [-0.4, -0.2) is 47.2 Å². The molecule has 0 unspecified atom stereocenters. The van der Waals surface area contributed by atoms with E-state index in [1.165, 1.54) is 18.4 Å². The number of nitrogens with zero attached hydrogens (tertiary/aromatic N) is 3. The van der Waals surface area contributed by atoms with E-state index >= 15 is 0 Å². The van der Waals surface area contributed by atoms with E-state index < -0.39 is 17.5 Å². The van der Waals surface area contributed by atoms with Crippen LogP contribution in [0.2, 0.25) is 0 Å². The molecule has 0 saturated carbocycles. The van der Waals surface area contributed by atoms with E-state index in [0.717, 1.165) is 11.1 Å². The summed E-state index contributed by atoms with van der Waals surface area (Å²) in [6.07, 6.45) is 4.01. The van der Waals surface area contributed by atoms with Crippen LogP contribution in [0.1, 0.15) is 26.7 Å². The van der Waals surface area contributed by atoms with Crippen molar-refractivity contribution in [3.63, 3.8) is 0 Å². The molecule has 0 radical (unpaired) electrons. The summed E-state index contributed by atoms with van der Waals surface area (Å²) in [6, 6.07) is 16.6. The van der Waals surface area contributed by atoms with Gasteiger partial charge in [0, 0.05) is 23.7 Å². The van der Waals surface area contributed by atoms with Crippen molar-refractivity contribution in [2.24, 2.45) is 0 Å². The number of anilines is 1. The maximum atomic E-state index is 13.2. The number of halogens is 1. The average Bonchev–Trinajstić information content (AvgIpc) is 3.64. The lowest BCUT2D eigenvalue weighted by Gasteiger charge is -2.35. The first-order chi connectivity index (χ1) is 19.4. The molecule has 3 heterocycles. The van der Waals surface area contributed by atoms with E-state index in [1.807, 2.05) is 0 Å². The van der Waals surface area contributed by atoms with Gasteiger partial charge >= 0.3 is 11.9 Å². The predicted octanol–water partition coefficient (Wildman–Crippen LogP) is 5.80. The molecule has 1 aliphatic heterocycles. The fourth-order valence-electron chi connectivity index (χ4n) is 4.72. The van der Waals surface area contributed by atoms with Crippen molar-refractivity contribution in [3.8, 4) is 34.3 Å². The first kappa shape index (κ1) is 26.9. The summed E-state index contributed by atoms with van der Waals surface area (Å²) in [5, 5.41) is 0. The van der Waals surface area contributed by atoms with Crippen LogP contribution in [0.3, 0.4) is 0 Å². The van der Waals surface area contributed by atoms with Gasteiger partial charge in [-0.3, -0.25) is 0 Å². The van der Waals surface area contributed by atoms with Crippen molar-refractivity contribution >= 4 is 17.6 Å². The second-order valence-electron chi connectivity index (χ2n) is 9.08. The Morgan fingerprint density at radius 2 is 1.62 bits per heavy atom. The Morgan fingerprint density at radius 3 is 2.25 bits per heavy atom. The molecular weight excluding hydrogens is 517 g/mol. The molecule has 1 fully saturated rings. The molecule has 1 aliphatic rings. The van der Waals surface area contributed by atoms with Crippen molar-refractivity contribution in [2.45, 2.75) is 32.2 Å². The van der Waals surface area contributed by atoms with Crippen molar-refractivity contribution in [3.05, 3.63) is 78.9 Å². The number of oxazole rings is 1. The van der Waals surface area contributed by atoms with Crippen LogP contribution in [0.25, 0.3) is 22.7 Å². The number of esters is 2. The lowest BCUT2D eigenvalue weighted by Crippen LogP contribution is -2.58. The quantitative estimate of drug-likeness (QED) is 0.191. The lowest BCUT2D eigenvalue weighted by atomic mass is 9.95. The highest BCUT2D eigenvalue weighted by molar-refractivity contribution is 6.09. The third-order valence-electron chi connectivity index (χ3n) is 6.61. The summed E-state index contributed by atoms with van der Waals surface area (Å²) in [5.74, 6) is -0.258. The maximum absolute atomic E-state index is 13.2. The minimum atomic E-state index is -1.54. The van der Waals surface area contributed by atoms with Gasteiger partial charge in [0.15, 0.2) is 0 Å². The van der Waals surface area contributed by atoms with Crippen LogP contribution < -0.4 is 9.64 Å². The highest BCUT2D eigenvalue weighted by atomic mass is 19.1. The Morgan fingerprint density at radius 1 is 0.950 bits per heavy atom. The van der Waals surface area contributed by atoms with Crippen molar-refractivity contribution in [2.75, 3.05) is 24.7 Å². The number of hydrogen-bond acceptors (Lipinski definition) is 9. The number of ether oxygens (including phenoxy) is 3. The van der Waals surface area contributed by atoms with Gasteiger partial charge in [0.2, 0.25) is 17.3 Å². The Bertz CT molecular complexity index is 1450. The van der Waals surface area contributed by atoms with Gasteiger partial charge in [0.05, 0.1) is 25.1 Å². The molecule has 10 heteroatoms. The molecule has 0 spiro atoms. The molecule has 0 aliphatic carbocycles. The van der Waals surface area contributed by atoms with Crippen LogP contribution in [0.5, 0.6) is 11.6 Å². The fourth-order valence-corrected chi connectivity index (χ4v) is 4.72. The first-order valence-corrected chi connectivity index (χ1v) is 13.0. The van der Waals surface area contributed by atoms with E-state index in [1.54, 1.807) is 73.5 Å². The summed E-state index contributed by atoms with van der Waals surface area (Å²) < 4.78 is 35.2. The zero-order valence-corrected chi connectivity index (χ0v) is 22.1. The molecule has 206 valence electrons. The largest absolute Gasteiger partial charge is 0.464 e. The highest BCUT2D eigenvalue weighted by Gasteiger charge is 2.56. The summed E-state index contributed by atoms with van der Waals surface area (Å²) in [6.45, 7) is 4.19. The smallest absolute Gasteiger partial charge is 0.343 e. The van der Waals surface area contributed by atoms with Crippen LogP contribution in [0.15, 0.2) is 77.5 Å². The molecule has 0 amide bonds. The topological polar surface area (TPSA) is 104 Å². The highest BCUT2D eigenvalue weighted by Crippen LogP contribution is 2.37. The van der Waals surface area contributed by atoms with Crippen molar-refractivity contribution in [1.29, 1.82) is 0 Å². The summed E-state index contributed by atoms with van der Waals surface area (Å²) in [4.78, 5) is 36.5. The van der Waals surface area contributed by atoms with E-state index in [0.29, 0.717) is 48.3 Å². The van der Waals surface area contributed by atoms with Gasteiger partial charge in [-0.05, 0) is 81.3 Å². The van der Waals surface area contributed by atoms with Gasteiger partial charge in [0.25, 0.3) is 0 Å². The number of rotatable bonds is 9. The van der Waals surface area contributed by atoms with Gasteiger partial charge in [0.1, 0.15) is 23.5 Å². The second kappa shape index (κ2) is 11.6. The predicted molar refractivity (Wildman–Crippen MR) is 144 cm³/mol. The second-order valence-corrected chi connectivity index (χ2v) is 9.08. The number of benzene rings is 2. The molecule has 40 heavy (non-hydrogen) atoms. The third-order valence-corrected chi connectivity index (χ3v) is 6.61. The van der Waals surface area contributed by atoms with E-state index in [2.05, 4.69) is 9.97 Å². The van der Waals surface area contributed by atoms with Crippen LogP contribution in [0, 0.1) is 5.82 Å². The minimum absolute atomic E-state index is 0.156. The van der Waals surface area contributed by atoms with Crippen LogP contribution in [0.4, 0.5) is 10.1 Å². The maximum Gasteiger partial charge on any atom is 0.343 e. The third kappa shape index (κ3) is 5.25. The average molecular weight is 546 g/mol. The summed E-state index contributed by atoms with van der Waals surface area (Å²) in [7, 11) is 0. The van der Waals surface area contributed by atoms with Gasteiger partial charge in [-0.15, -0.1) is 0 Å². The molecule has 5 rings (SSSR count). The Labute approximate surface area is 230 Å². The van der Waals surface area contributed by atoms with E-state index in [9.17, 15) is 14.0 Å². The molecular formula is C30H28FN3O6. The van der Waals surface area contributed by atoms with Gasteiger partial charge in [-0.1, -0.05) is 0 Å². The Balaban J connectivity index is 1.29. The molecule has 9 nitrogen and oxygen atoms in total. The van der Waals surface area contributed by atoms with Crippen LogP contribution >= 0.6 is 0 Å². The zero-order chi connectivity index (χ0) is 28.1. The van der Waals surface area contributed by atoms with Gasteiger partial charge in [-0.25, -0.2) is 23.9 Å². The van der Waals surface area contributed by atoms with Gasteiger partial charge in [-0.2, -0.15) is 0 Å². The number of aromatic nitrogens is 2. The summed E-state index contributed by atoms with van der Waals surface area (Å²) >= 11 is 0. The minimum Gasteiger partial charge on any atom is -0.464 e.